The van der Waals surface area contributed by atoms with Crippen LogP contribution in [0.15, 0.2) is 67.3 Å². The lowest BCUT2D eigenvalue weighted by molar-refractivity contribution is -0.114. The number of hydrogen-bond acceptors (Lipinski definition) is 10. The van der Waals surface area contributed by atoms with Gasteiger partial charge in [-0.15, -0.1) is 0 Å². The molecule has 1 amide bonds. The molecule has 39 heavy (non-hydrogen) atoms. The van der Waals surface area contributed by atoms with E-state index >= 15 is 0 Å². The quantitative estimate of drug-likeness (QED) is 0.304. The number of aromatic nitrogens is 6. The smallest absolute Gasteiger partial charge is 0.246 e. The number of ether oxygens (including phenoxy) is 3. The molecular weight excluding hydrogens is 500 g/mol. The third-order valence-electron chi connectivity index (χ3n) is 5.88. The van der Waals surface area contributed by atoms with Gasteiger partial charge in [0.1, 0.15) is 18.0 Å². The van der Waals surface area contributed by atoms with E-state index < -0.39 is 0 Å². The number of carbonyl (C=O) groups excluding carboxylic acids is 1. The third kappa shape index (κ3) is 5.69. The summed E-state index contributed by atoms with van der Waals surface area (Å²) in [5, 5.41) is 6.95. The first-order valence-corrected chi connectivity index (χ1v) is 11.9. The van der Waals surface area contributed by atoms with Crippen LogP contribution in [-0.2, 0) is 11.8 Å². The number of rotatable bonds is 9. The lowest BCUT2D eigenvalue weighted by atomic mass is 10.2. The molecule has 198 valence electrons. The average Bonchev–Trinajstić information content (AvgIpc) is 3.41. The highest BCUT2D eigenvalue weighted by atomic mass is 16.5. The minimum Gasteiger partial charge on any atom is -0.497 e. The minimum atomic E-state index is -0.347. The van der Waals surface area contributed by atoms with Gasteiger partial charge in [-0.25, -0.2) is 9.97 Å². The molecule has 0 saturated carbocycles. The Labute approximate surface area is 224 Å². The Balaban J connectivity index is 1.54. The Bertz CT molecular complexity index is 1620. The molecule has 0 saturated heterocycles. The molecular formula is C27H26N8O4. The van der Waals surface area contributed by atoms with Gasteiger partial charge in [0.2, 0.25) is 17.7 Å². The lowest BCUT2D eigenvalue weighted by Crippen LogP contribution is -2.30. The second kappa shape index (κ2) is 11.0. The van der Waals surface area contributed by atoms with Gasteiger partial charge in [-0.05, 0) is 18.2 Å². The molecule has 0 aliphatic carbocycles. The maximum absolute atomic E-state index is 13.2. The molecule has 5 aromatic rings. The van der Waals surface area contributed by atoms with Crippen LogP contribution in [0.1, 0.15) is 0 Å². The Morgan fingerprint density at radius 2 is 1.69 bits per heavy atom. The van der Waals surface area contributed by atoms with Crippen LogP contribution in [0, 0.1) is 0 Å². The average molecular weight is 527 g/mol. The van der Waals surface area contributed by atoms with Gasteiger partial charge in [0.05, 0.1) is 50.5 Å². The molecule has 0 bridgehead atoms. The Morgan fingerprint density at radius 3 is 2.38 bits per heavy atom. The maximum Gasteiger partial charge on any atom is 0.246 e. The number of aryl methyl sites for hydroxylation is 1. The van der Waals surface area contributed by atoms with Crippen molar-refractivity contribution in [1.29, 1.82) is 0 Å². The number of nitrogens with zero attached hydrogens (tertiary/aromatic N) is 7. The number of nitrogens with one attached hydrogen (secondary N) is 1. The summed E-state index contributed by atoms with van der Waals surface area (Å²) in [6.45, 7) is -0.0713. The maximum atomic E-state index is 13.2. The number of amides is 1. The molecule has 3 aromatic heterocycles. The second-order valence-electron chi connectivity index (χ2n) is 8.46. The fourth-order valence-electron chi connectivity index (χ4n) is 3.96. The number of fused-ring (bicyclic) bond motifs is 1. The Hall–Kier alpha value is -5.26. The van der Waals surface area contributed by atoms with Crippen molar-refractivity contribution < 1.29 is 19.0 Å². The molecule has 12 heteroatoms. The van der Waals surface area contributed by atoms with Crippen molar-refractivity contribution >= 4 is 34.3 Å². The van der Waals surface area contributed by atoms with Crippen molar-refractivity contribution in [1.82, 2.24) is 29.7 Å². The summed E-state index contributed by atoms with van der Waals surface area (Å²) >= 11 is 0. The molecule has 1 N–H and O–H groups in total. The van der Waals surface area contributed by atoms with Gasteiger partial charge < -0.3 is 19.1 Å². The van der Waals surface area contributed by atoms with Crippen LogP contribution in [0.25, 0.3) is 22.3 Å². The molecule has 0 aliphatic heterocycles. The van der Waals surface area contributed by atoms with Gasteiger partial charge in [-0.1, -0.05) is 0 Å². The largest absolute Gasteiger partial charge is 0.497 e. The first kappa shape index (κ1) is 25.4. The van der Waals surface area contributed by atoms with E-state index in [9.17, 15) is 4.79 Å². The lowest BCUT2D eigenvalue weighted by Gasteiger charge is -2.25. The van der Waals surface area contributed by atoms with Crippen molar-refractivity contribution in [2.45, 2.75) is 0 Å². The topological polar surface area (TPSA) is 129 Å². The van der Waals surface area contributed by atoms with E-state index in [0.717, 1.165) is 5.56 Å². The van der Waals surface area contributed by atoms with Gasteiger partial charge in [0, 0.05) is 60.6 Å². The predicted molar refractivity (Wildman–Crippen MR) is 146 cm³/mol. The van der Waals surface area contributed by atoms with Gasteiger partial charge in [0.25, 0.3) is 0 Å². The number of benzene rings is 2. The van der Waals surface area contributed by atoms with E-state index in [-0.39, 0.29) is 18.4 Å². The molecule has 12 nitrogen and oxygen atoms in total. The molecule has 0 radical (unpaired) electrons. The van der Waals surface area contributed by atoms with Crippen LogP contribution in [-0.4, -0.2) is 63.5 Å². The zero-order valence-corrected chi connectivity index (χ0v) is 21.8. The van der Waals surface area contributed by atoms with E-state index in [1.165, 1.54) is 13.3 Å². The highest BCUT2D eigenvalue weighted by Gasteiger charge is 2.18. The van der Waals surface area contributed by atoms with E-state index in [1.807, 2.05) is 48.5 Å². The normalized spacial score (nSPS) is 10.8. The predicted octanol–water partition coefficient (Wildman–Crippen LogP) is 3.62. The van der Waals surface area contributed by atoms with Gasteiger partial charge in [-0.2, -0.15) is 10.1 Å². The molecule has 0 atom stereocenters. The van der Waals surface area contributed by atoms with Crippen molar-refractivity contribution in [2.75, 3.05) is 38.1 Å². The Kier molecular flexibility index (Phi) is 7.17. The number of anilines is 3. The number of hydrogen-bond donors (Lipinski definition) is 1. The first-order chi connectivity index (χ1) is 18.9. The molecule has 3 heterocycles. The molecule has 0 fully saturated rings. The summed E-state index contributed by atoms with van der Waals surface area (Å²) < 4.78 is 17.8. The van der Waals surface area contributed by atoms with Crippen LogP contribution in [0.4, 0.5) is 17.3 Å². The molecule has 0 aliphatic rings. The number of carbonyl (C=O) groups is 1. The molecule has 0 spiro atoms. The van der Waals surface area contributed by atoms with E-state index in [2.05, 4.69) is 25.4 Å². The van der Waals surface area contributed by atoms with Crippen LogP contribution in [0.3, 0.4) is 0 Å². The summed E-state index contributed by atoms with van der Waals surface area (Å²) in [4.78, 5) is 32.7. The fourth-order valence-corrected chi connectivity index (χ4v) is 3.96. The third-order valence-corrected chi connectivity index (χ3v) is 5.88. The van der Waals surface area contributed by atoms with Crippen LogP contribution >= 0.6 is 0 Å². The Morgan fingerprint density at radius 1 is 0.897 bits per heavy atom. The highest BCUT2D eigenvalue weighted by Crippen LogP contribution is 2.34. The van der Waals surface area contributed by atoms with Crippen molar-refractivity contribution in [3.8, 4) is 28.6 Å². The van der Waals surface area contributed by atoms with E-state index in [1.54, 1.807) is 43.4 Å². The molecule has 2 aromatic carbocycles. The molecule has 0 unspecified atom stereocenters. The van der Waals surface area contributed by atoms with Crippen LogP contribution in [0.2, 0.25) is 0 Å². The van der Waals surface area contributed by atoms with Crippen LogP contribution < -0.4 is 24.4 Å². The van der Waals surface area contributed by atoms with Crippen molar-refractivity contribution in [2.24, 2.45) is 7.05 Å². The van der Waals surface area contributed by atoms with Gasteiger partial charge in [-0.3, -0.25) is 19.8 Å². The monoisotopic (exact) mass is 526 g/mol. The zero-order valence-electron chi connectivity index (χ0n) is 21.8. The standard InChI is InChI=1S/C27H26N8O4/c1-34-15-17(13-30-34)24-14-29-22-6-5-18(11-23(22)31-24)35(19-9-20(37-2)12-21(10-19)38-3)16-25(36)32-27-28-8-7-26(33-27)39-4/h5-15H,16H2,1-4H3,(H,28,32,33,36). The minimum absolute atomic E-state index is 0.0713. The second-order valence-corrected chi connectivity index (χ2v) is 8.46. The highest BCUT2D eigenvalue weighted by molar-refractivity contribution is 5.95. The van der Waals surface area contributed by atoms with Gasteiger partial charge >= 0.3 is 0 Å². The van der Waals surface area contributed by atoms with E-state index in [4.69, 9.17) is 19.2 Å². The summed E-state index contributed by atoms with van der Waals surface area (Å²) in [6, 6.07) is 12.6. The summed E-state index contributed by atoms with van der Waals surface area (Å²) in [5.41, 5.74) is 4.29. The van der Waals surface area contributed by atoms with Crippen molar-refractivity contribution in [3.63, 3.8) is 0 Å². The molecule has 5 rings (SSSR count). The van der Waals surface area contributed by atoms with Gasteiger partial charge in [0.15, 0.2) is 0 Å². The first-order valence-electron chi connectivity index (χ1n) is 11.9. The summed E-state index contributed by atoms with van der Waals surface area (Å²) in [6.07, 6.45) is 6.83. The van der Waals surface area contributed by atoms with Crippen LogP contribution in [0.5, 0.6) is 17.4 Å². The van der Waals surface area contributed by atoms with E-state index in [0.29, 0.717) is 45.5 Å². The summed E-state index contributed by atoms with van der Waals surface area (Å²) in [7, 11) is 6.48. The fraction of sp³-hybridized carbons (Fsp3) is 0.185. The van der Waals surface area contributed by atoms with Crippen molar-refractivity contribution in [3.05, 3.63) is 67.3 Å². The SMILES string of the molecule is COc1cc(OC)cc(N(CC(=O)Nc2nccc(OC)n2)c2ccc3ncc(-c4cnn(C)c4)nc3c2)c1. The number of methoxy groups -OCH3 is 3. The summed E-state index contributed by atoms with van der Waals surface area (Å²) in [5.74, 6) is 1.27. The zero-order chi connectivity index (χ0) is 27.4.